The number of amides is 1. The van der Waals surface area contributed by atoms with Gasteiger partial charge < -0.3 is 10.4 Å². The van der Waals surface area contributed by atoms with Crippen LogP contribution in [-0.4, -0.2) is 28.7 Å². The topological polar surface area (TPSA) is 66.4 Å². The maximum absolute atomic E-state index is 12.1. The summed E-state index contributed by atoms with van der Waals surface area (Å²) in [6.45, 7) is 1.83. The van der Waals surface area contributed by atoms with Gasteiger partial charge in [0.1, 0.15) is 12.0 Å². The van der Waals surface area contributed by atoms with Crippen LogP contribution in [0.2, 0.25) is 0 Å². The molecule has 2 N–H and O–H groups in total. The van der Waals surface area contributed by atoms with Crippen molar-refractivity contribution in [2.45, 2.75) is 50.7 Å². The van der Waals surface area contributed by atoms with Gasteiger partial charge >= 0.3 is 12.1 Å². The van der Waals surface area contributed by atoms with Crippen LogP contribution in [0.1, 0.15) is 39.0 Å². The van der Waals surface area contributed by atoms with Gasteiger partial charge in [0, 0.05) is 0 Å². The van der Waals surface area contributed by atoms with Crippen molar-refractivity contribution in [3.05, 3.63) is 0 Å². The zero-order chi connectivity index (χ0) is 14.0. The lowest BCUT2D eigenvalue weighted by molar-refractivity contribution is -0.161. The molecule has 1 saturated carbocycles. The third-order valence-electron chi connectivity index (χ3n) is 3.15. The second-order valence-electron chi connectivity index (χ2n) is 4.93. The van der Waals surface area contributed by atoms with Gasteiger partial charge in [0.2, 0.25) is 5.91 Å². The molecule has 0 spiro atoms. The summed E-state index contributed by atoms with van der Waals surface area (Å²) in [5.74, 6) is -2.47. The molecule has 0 aromatic carbocycles. The molecule has 7 heteroatoms. The number of hydrogen-bond acceptors (Lipinski definition) is 2. The van der Waals surface area contributed by atoms with E-state index in [0.717, 1.165) is 6.42 Å². The van der Waals surface area contributed by atoms with Crippen LogP contribution in [0, 0.1) is 5.92 Å². The van der Waals surface area contributed by atoms with E-state index in [0.29, 0.717) is 6.42 Å². The Kier molecular flexibility index (Phi) is 4.24. The van der Waals surface area contributed by atoms with E-state index in [1.807, 2.05) is 6.92 Å². The summed E-state index contributed by atoms with van der Waals surface area (Å²) >= 11 is 0. The largest absolute Gasteiger partial charge is 0.480 e. The molecule has 1 amide bonds. The number of hydrogen-bond donors (Lipinski definition) is 2. The van der Waals surface area contributed by atoms with Crippen LogP contribution >= 0.6 is 0 Å². The summed E-state index contributed by atoms with van der Waals surface area (Å²) in [5.41, 5.74) is -1.54. The van der Waals surface area contributed by atoms with Gasteiger partial charge in [0.25, 0.3) is 0 Å². The lowest BCUT2D eigenvalue weighted by atomic mass is 9.76. The van der Waals surface area contributed by atoms with Gasteiger partial charge in [-0.1, -0.05) is 19.8 Å². The lowest BCUT2D eigenvalue weighted by Crippen LogP contribution is -2.57. The van der Waals surface area contributed by atoms with Crippen molar-refractivity contribution in [1.82, 2.24) is 5.32 Å². The number of halogens is 3. The first-order valence-corrected chi connectivity index (χ1v) is 5.76. The highest BCUT2D eigenvalue weighted by molar-refractivity contribution is 5.87. The summed E-state index contributed by atoms with van der Waals surface area (Å²) in [6.07, 6.45) is -4.51. The predicted molar refractivity (Wildman–Crippen MR) is 56.8 cm³/mol. The fourth-order valence-corrected chi connectivity index (χ4v) is 2.41. The van der Waals surface area contributed by atoms with Crippen LogP contribution in [0.4, 0.5) is 13.2 Å². The van der Waals surface area contributed by atoms with Gasteiger partial charge in [0.15, 0.2) is 0 Å². The molecule has 2 atom stereocenters. The Labute approximate surface area is 103 Å². The minimum Gasteiger partial charge on any atom is -0.480 e. The molecule has 0 aliphatic heterocycles. The Morgan fingerprint density at radius 2 is 2.06 bits per heavy atom. The molecule has 18 heavy (non-hydrogen) atoms. The molecule has 4 nitrogen and oxygen atoms in total. The summed E-state index contributed by atoms with van der Waals surface area (Å²) in [5, 5.41) is 11.2. The van der Waals surface area contributed by atoms with Gasteiger partial charge in [-0.3, -0.25) is 4.79 Å². The number of carboxylic acid groups (broad SMARTS) is 1. The minimum absolute atomic E-state index is 0.0704. The molecule has 0 heterocycles. The number of carbonyl (C=O) groups is 2. The Morgan fingerprint density at radius 3 is 2.50 bits per heavy atom. The van der Waals surface area contributed by atoms with Crippen LogP contribution in [0.3, 0.4) is 0 Å². The number of alkyl halides is 3. The summed E-state index contributed by atoms with van der Waals surface area (Å²) in [4.78, 5) is 22.5. The number of carboxylic acids is 1. The summed E-state index contributed by atoms with van der Waals surface area (Å²) in [6, 6.07) is 0. The van der Waals surface area contributed by atoms with E-state index in [9.17, 15) is 22.8 Å². The van der Waals surface area contributed by atoms with Crippen molar-refractivity contribution in [3.8, 4) is 0 Å². The maximum atomic E-state index is 12.1. The van der Waals surface area contributed by atoms with Crippen LogP contribution < -0.4 is 5.32 Å². The summed E-state index contributed by atoms with van der Waals surface area (Å²) < 4.78 is 36.2. The first-order valence-electron chi connectivity index (χ1n) is 5.76. The molecule has 0 radical (unpaired) electrons. The monoisotopic (exact) mass is 267 g/mol. The Hall–Kier alpha value is -1.27. The highest BCUT2D eigenvalue weighted by Gasteiger charge is 2.44. The molecule has 1 aliphatic rings. The normalized spacial score (nSPS) is 28.8. The van der Waals surface area contributed by atoms with E-state index in [4.69, 9.17) is 5.11 Å². The molecule has 104 valence electrons. The minimum atomic E-state index is -4.62. The van der Waals surface area contributed by atoms with E-state index in [2.05, 4.69) is 5.32 Å². The molecule has 1 rings (SSSR count). The Balaban J connectivity index is 2.74. The molecule has 0 saturated heterocycles. The molecule has 1 aliphatic carbocycles. The molecular formula is C11H16F3NO3. The fourth-order valence-electron chi connectivity index (χ4n) is 2.41. The third kappa shape index (κ3) is 3.89. The highest BCUT2D eigenvalue weighted by atomic mass is 19.4. The van der Waals surface area contributed by atoms with Gasteiger partial charge in [0.05, 0.1) is 0 Å². The second kappa shape index (κ2) is 5.16. The molecule has 2 unspecified atom stereocenters. The number of aliphatic carboxylic acids is 1. The van der Waals surface area contributed by atoms with Crippen LogP contribution in [0.15, 0.2) is 0 Å². The highest BCUT2D eigenvalue weighted by Crippen LogP contribution is 2.33. The predicted octanol–water partition coefficient (Wildman–Crippen LogP) is 2.09. The molecule has 1 fully saturated rings. The molecule has 0 aromatic heterocycles. The average molecular weight is 267 g/mol. The first-order chi connectivity index (χ1) is 8.15. The standard InChI is InChI=1S/C11H16F3NO3/c1-7-3-2-4-10(5-7,9(17)18)15-8(16)6-11(12,13)14/h7H,2-6H2,1H3,(H,15,16)(H,17,18). The van der Waals surface area contributed by atoms with Crippen molar-refractivity contribution in [3.63, 3.8) is 0 Å². The van der Waals surface area contributed by atoms with Crippen molar-refractivity contribution in [2.75, 3.05) is 0 Å². The number of nitrogens with one attached hydrogen (secondary N) is 1. The van der Waals surface area contributed by atoms with Crippen molar-refractivity contribution in [1.29, 1.82) is 0 Å². The van der Waals surface area contributed by atoms with Crippen molar-refractivity contribution >= 4 is 11.9 Å². The van der Waals surface area contributed by atoms with E-state index in [1.54, 1.807) is 0 Å². The Bertz CT molecular complexity index is 343. The van der Waals surface area contributed by atoms with E-state index in [-0.39, 0.29) is 18.8 Å². The average Bonchev–Trinajstić information content (AvgIpc) is 2.13. The van der Waals surface area contributed by atoms with E-state index >= 15 is 0 Å². The molecule has 0 aromatic rings. The van der Waals surface area contributed by atoms with E-state index in [1.165, 1.54) is 0 Å². The van der Waals surface area contributed by atoms with Crippen molar-refractivity contribution in [2.24, 2.45) is 5.92 Å². The van der Waals surface area contributed by atoms with Crippen LogP contribution in [0.25, 0.3) is 0 Å². The molecular weight excluding hydrogens is 251 g/mol. The third-order valence-corrected chi connectivity index (χ3v) is 3.15. The van der Waals surface area contributed by atoms with Crippen LogP contribution in [0.5, 0.6) is 0 Å². The molecule has 0 bridgehead atoms. The zero-order valence-electron chi connectivity index (χ0n) is 10.0. The van der Waals surface area contributed by atoms with Crippen molar-refractivity contribution < 1.29 is 27.9 Å². The van der Waals surface area contributed by atoms with Gasteiger partial charge in [-0.05, 0) is 18.8 Å². The fraction of sp³-hybridized carbons (Fsp3) is 0.818. The number of carbonyl (C=O) groups excluding carboxylic acids is 1. The maximum Gasteiger partial charge on any atom is 0.397 e. The second-order valence-corrected chi connectivity index (χ2v) is 4.93. The Morgan fingerprint density at radius 1 is 1.44 bits per heavy atom. The van der Waals surface area contributed by atoms with Gasteiger partial charge in [-0.15, -0.1) is 0 Å². The number of rotatable bonds is 3. The quantitative estimate of drug-likeness (QED) is 0.822. The zero-order valence-corrected chi connectivity index (χ0v) is 10.0. The lowest BCUT2D eigenvalue weighted by Gasteiger charge is -2.37. The van der Waals surface area contributed by atoms with Crippen LogP contribution in [-0.2, 0) is 9.59 Å². The van der Waals surface area contributed by atoms with E-state index < -0.39 is 30.0 Å². The van der Waals surface area contributed by atoms with Gasteiger partial charge in [-0.2, -0.15) is 13.2 Å². The smallest absolute Gasteiger partial charge is 0.397 e. The first kappa shape index (κ1) is 14.8. The SMILES string of the molecule is CC1CCCC(NC(=O)CC(F)(F)F)(C(=O)O)C1. The van der Waals surface area contributed by atoms with Gasteiger partial charge in [-0.25, -0.2) is 4.79 Å². The summed E-state index contributed by atoms with van der Waals surface area (Å²) in [7, 11) is 0.